The number of hydrogen-bond donors (Lipinski definition) is 1. The van der Waals surface area contributed by atoms with Gasteiger partial charge < -0.3 is 14.9 Å². The number of amides is 1. The molecule has 2 rings (SSSR count). The zero-order valence-corrected chi connectivity index (χ0v) is 13.2. The van der Waals surface area contributed by atoms with E-state index in [0.29, 0.717) is 19.5 Å². The minimum absolute atomic E-state index is 0.127. The quantitative estimate of drug-likeness (QED) is 0.816. The average Bonchev–Trinajstić information content (AvgIpc) is 2.77. The second kappa shape index (κ2) is 8.62. The van der Waals surface area contributed by atoms with Crippen molar-refractivity contribution in [2.45, 2.75) is 25.7 Å². The maximum atomic E-state index is 13.7. The van der Waals surface area contributed by atoms with Gasteiger partial charge in [-0.15, -0.1) is 0 Å². The van der Waals surface area contributed by atoms with Gasteiger partial charge in [0.1, 0.15) is 5.82 Å². The number of nitrogens with zero attached hydrogens (tertiary/aromatic N) is 2. The van der Waals surface area contributed by atoms with Crippen molar-refractivity contribution in [2.24, 2.45) is 0 Å². The lowest BCUT2D eigenvalue weighted by atomic mass is 10.2. The molecule has 0 aliphatic carbocycles. The topological polar surface area (TPSA) is 60.9 Å². The van der Waals surface area contributed by atoms with Crippen molar-refractivity contribution in [3.05, 3.63) is 35.6 Å². The molecule has 1 aromatic carbocycles. The third-order valence-electron chi connectivity index (χ3n) is 4.09. The Morgan fingerprint density at radius 3 is 2.61 bits per heavy atom. The predicted octanol–water partition coefficient (Wildman–Crippen LogP) is 2.23. The Morgan fingerprint density at radius 2 is 1.87 bits per heavy atom. The summed E-state index contributed by atoms with van der Waals surface area (Å²) in [7, 11) is 0. The molecular formula is C17H23FN2O3. The number of carboxylic acid groups (broad SMARTS) is 1. The second-order valence-corrected chi connectivity index (χ2v) is 5.82. The van der Waals surface area contributed by atoms with Gasteiger partial charge in [0.25, 0.3) is 5.91 Å². The zero-order valence-electron chi connectivity index (χ0n) is 13.2. The summed E-state index contributed by atoms with van der Waals surface area (Å²) in [6.07, 6.45) is 2.56. The van der Waals surface area contributed by atoms with E-state index in [-0.39, 0.29) is 17.9 Å². The fourth-order valence-electron chi connectivity index (χ4n) is 2.81. The normalized spacial score (nSPS) is 16.1. The van der Waals surface area contributed by atoms with Crippen LogP contribution < -0.4 is 0 Å². The SMILES string of the molecule is O=C(O)CCCCN1CCCN(C(=O)c2ccccc2F)CC1. The van der Waals surface area contributed by atoms with E-state index in [1.165, 1.54) is 12.1 Å². The number of rotatable bonds is 6. The van der Waals surface area contributed by atoms with E-state index < -0.39 is 11.8 Å². The number of benzene rings is 1. The molecule has 1 saturated heterocycles. The molecule has 0 spiro atoms. The van der Waals surface area contributed by atoms with Crippen molar-refractivity contribution < 1.29 is 19.1 Å². The lowest BCUT2D eigenvalue weighted by Gasteiger charge is -2.22. The van der Waals surface area contributed by atoms with Gasteiger partial charge in [0.05, 0.1) is 5.56 Å². The molecule has 23 heavy (non-hydrogen) atoms. The first-order chi connectivity index (χ1) is 11.1. The number of carboxylic acids is 1. The standard InChI is InChI=1S/C17H23FN2O3/c18-15-7-2-1-6-14(15)17(23)20-11-5-10-19(12-13-20)9-4-3-8-16(21)22/h1-2,6-7H,3-5,8-13H2,(H,21,22). The zero-order chi connectivity index (χ0) is 16.7. The first kappa shape index (κ1) is 17.4. The van der Waals surface area contributed by atoms with Crippen molar-refractivity contribution in [1.82, 2.24) is 9.80 Å². The summed E-state index contributed by atoms with van der Waals surface area (Å²) in [6, 6.07) is 6.07. The fourth-order valence-corrected chi connectivity index (χ4v) is 2.81. The highest BCUT2D eigenvalue weighted by Gasteiger charge is 2.22. The van der Waals surface area contributed by atoms with Crippen molar-refractivity contribution in [3.8, 4) is 0 Å². The van der Waals surface area contributed by atoms with Crippen LogP contribution in [0.2, 0.25) is 0 Å². The summed E-state index contributed by atoms with van der Waals surface area (Å²) >= 11 is 0. The number of unbranched alkanes of at least 4 members (excludes halogenated alkanes) is 1. The smallest absolute Gasteiger partial charge is 0.303 e. The van der Waals surface area contributed by atoms with E-state index in [2.05, 4.69) is 4.90 Å². The number of aliphatic carboxylic acids is 1. The summed E-state index contributed by atoms with van der Waals surface area (Å²) < 4.78 is 13.7. The van der Waals surface area contributed by atoms with Crippen LogP contribution in [0.5, 0.6) is 0 Å². The Morgan fingerprint density at radius 1 is 1.09 bits per heavy atom. The molecular weight excluding hydrogens is 299 g/mol. The molecule has 0 saturated carbocycles. The predicted molar refractivity (Wildman–Crippen MR) is 84.8 cm³/mol. The van der Waals surface area contributed by atoms with Gasteiger partial charge in [-0.3, -0.25) is 9.59 Å². The molecule has 0 unspecified atom stereocenters. The molecule has 5 nitrogen and oxygen atoms in total. The van der Waals surface area contributed by atoms with Crippen molar-refractivity contribution >= 4 is 11.9 Å². The third kappa shape index (κ3) is 5.32. The summed E-state index contributed by atoms with van der Waals surface area (Å²) in [5.41, 5.74) is 0.127. The van der Waals surface area contributed by atoms with E-state index in [1.54, 1.807) is 17.0 Å². The lowest BCUT2D eigenvalue weighted by Crippen LogP contribution is -2.35. The Balaban J connectivity index is 1.83. The maximum Gasteiger partial charge on any atom is 0.303 e. The van der Waals surface area contributed by atoms with Gasteiger partial charge in [0, 0.05) is 26.1 Å². The Kier molecular flexibility index (Phi) is 6.52. The molecule has 0 atom stereocenters. The van der Waals surface area contributed by atoms with Gasteiger partial charge in [-0.05, 0) is 44.5 Å². The molecule has 1 N–H and O–H groups in total. The maximum absolute atomic E-state index is 13.7. The van der Waals surface area contributed by atoms with Gasteiger partial charge >= 0.3 is 5.97 Å². The minimum atomic E-state index is -0.762. The Hall–Kier alpha value is -1.95. The number of carbonyl (C=O) groups is 2. The van der Waals surface area contributed by atoms with Gasteiger partial charge in [-0.25, -0.2) is 4.39 Å². The van der Waals surface area contributed by atoms with Crippen molar-refractivity contribution in [3.63, 3.8) is 0 Å². The van der Waals surface area contributed by atoms with Gasteiger partial charge in [0.2, 0.25) is 0 Å². The number of hydrogen-bond acceptors (Lipinski definition) is 3. The van der Waals surface area contributed by atoms with Crippen LogP contribution in [0.1, 0.15) is 36.0 Å². The van der Waals surface area contributed by atoms with E-state index >= 15 is 0 Å². The molecule has 1 aromatic rings. The number of carbonyl (C=O) groups excluding carboxylic acids is 1. The van der Waals surface area contributed by atoms with Crippen molar-refractivity contribution in [1.29, 1.82) is 0 Å². The van der Waals surface area contributed by atoms with Crippen LogP contribution in [-0.2, 0) is 4.79 Å². The third-order valence-corrected chi connectivity index (χ3v) is 4.09. The second-order valence-electron chi connectivity index (χ2n) is 5.82. The Labute approximate surface area is 135 Å². The highest BCUT2D eigenvalue weighted by molar-refractivity contribution is 5.94. The molecule has 0 bridgehead atoms. The van der Waals surface area contributed by atoms with Crippen LogP contribution in [-0.4, -0.2) is 59.5 Å². The Bertz CT molecular complexity index is 550. The molecule has 6 heteroatoms. The summed E-state index contributed by atoms with van der Waals surface area (Å²) in [6.45, 7) is 3.67. The van der Waals surface area contributed by atoms with Crippen LogP contribution >= 0.6 is 0 Å². The van der Waals surface area contributed by atoms with E-state index in [9.17, 15) is 14.0 Å². The van der Waals surface area contributed by atoms with Crippen LogP contribution in [0.3, 0.4) is 0 Å². The summed E-state index contributed by atoms with van der Waals surface area (Å²) in [5.74, 6) is -1.49. The molecule has 1 aliphatic rings. The first-order valence-electron chi connectivity index (χ1n) is 8.06. The lowest BCUT2D eigenvalue weighted by molar-refractivity contribution is -0.137. The van der Waals surface area contributed by atoms with Crippen LogP contribution in [0.4, 0.5) is 4.39 Å². The molecule has 1 heterocycles. The molecule has 1 aliphatic heterocycles. The van der Waals surface area contributed by atoms with Crippen LogP contribution in [0, 0.1) is 5.82 Å². The highest BCUT2D eigenvalue weighted by Crippen LogP contribution is 2.13. The van der Waals surface area contributed by atoms with E-state index in [1.807, 2.05) is 0 Å². The van der Waals surface area contributed by atoms with E-state index in [0.717, 1.165) is 32.5 Å². The molecule has 1 fully saturated rings. The molecule has 0 radical (unpaired) electrons. The highest BCUT2D eigenvalue weighted by atomic mass is 19.1. The van der Waals surface area contributed by atoms with Crippen molar-refractivity contribution in [2.75, 3.05) is 32.7 Å². The van der Waals surface area contributed by atoms with Gasteiger partial charge in [-0.1, -0.05) is 12.1 Å². The molecule has 1 amide bonds. The largest absolute Gasteiger partial charge is 0.481 e. The monoisotopic (exact) mass is 322 g/mol. The average molecular weight is 322 g/mol. The summed E-state index contributed by atoms with van der Waals surface area (Å²) in [5, 5.41) is 8.63. The first-order valence-corrected chi connectivity index (χ1v) is 8.06. The number of halogens is 1. The van der Waals surface area contributed by atoms with Gasteiger partial charge in [0.15, 0.2) is 0 Å². The van der Waals surface area contributed by atoms with Crippen LogP contribution in [0.15, 0.2) is 24.3 Å². The minimum Gasteiger partial charge on any atom is -0.481 e. The van der Waals surface area contributed by atoms with Gasteiger partial charge in [-0.2, -0.15) is 0 Å². The molecule has 126 valence electrons. The van der Waals surface area contributed by atoms with Crippen LogP contribution in [0.25, 0.3) is 0 Å². The fraction of sp³-hybridized carbons (Fsp3) is 0.529. The molecule has 0 aromatic heterocycles. The summed E-state index contributed by atoms with van der Waals surface area (Å²) in [4.78, 5) is 26.9. The van der Waals surface area contributed by atoms with E-state index in [4.69, 9.17) is 5.11 Å².